The Morgan fingerprint density at radius 1 is 0.365 bits per heavy atom. The topological polar surface area (TPSA) is 22.8 Å². The molecule has 3 nitrogen and oxygen atoms in total. The zero-order valence-electron chi connectivity index (χ0n) is 28.4. The average Bonchev–Trinajstić information content (AvgIpc) is 3.74. The van der Waals surface area contributed by atoms with Gasteiger partial charge in [-0.1, -0.05) is 128 Å². The number of aromatic nitrogens is 3. The molecule has 3 heteroatoms. The first-order valence-electron chi connectivity index (χ1n) is 17.7. The normalized spacial score (nSPS) is 11.5. The average molecular weight is 664 g/mol. The van der Waals surface area contributed by atoms with Crippen LogP contribution in [0.1, 0.15) is 5.56 Å². The van der Waals surface area contributed by atoms with E-state index in [2.05, 4.69) is 198 Å². The maximum absolute atomic E-state index is 5.29. The van der Waals surface area contributed by atoms with Crippen LogP contribution >= 0.6 is 0 Å². The van der Waals surface area contributed by atoms with Gasteiger partial charge in [0.25, 0.3) is 0 Å². The van der Waals surface area contributed by atoms with Gasteiger partial charge in [-0.15, -0.1) is 0 Å². The number of hydrogen-bond acceptors (Lipinski definition) is 1. The largest absolute Gasteiger partial charge is 0.309 e. The van der Waals surface area contributed by atoms with Gasteiger partial charge in [0.15, 0.2) is 0 Å². The summed E-state index contributed by atoms with van der Waals surface area (Å²) in [6, 6.07) is 65.1. The molecule has 0 unspecified atom stereocenters. The molecule has 3 aromatic heterocycles. The van der Waals surface area contributed by atoms with Crippen LogP contribution in [0.5, 0.6) is 0 Å². The first kappa shape index (κ1) is 29.9. The van der Waals surface area contributed by atoms with E-state index in [1.807, 2.05) is 6.08 Å². The number of hydrogen-bond donors (Lipinski definition) is 0. The van der Waals surface area contributed by atoms with E-state index in [4.69, 9.17) is 4.98 Å². The fraction of sp³-hybridized carbons (Fsp3) is 0. The summed E-state index contributed by atoms with van der Waals surface area (Å²) in [4.78, 5) is 5.29. The second kappa shape index (κ2) is 12.1. The van der Waals surface area contributed by atoms with Crippen LogP contribution in [0.25, 0.3) is 94.7 Å². The second-order valence-corrected chi connectivity index (χ2v) is 13.3. The third-order valence-electron chi connectivity index (χ3n) is 10.2. The molecule has 244 valence electrons. The Labute approximate surface area is 302 Å². The highest BCUT2D eigenvalue weighted by molar-refractivity contribution is 6.10. The van der Waals surface area contributed by atoms with E-state index in [-0.39, 0.29) is 0 Å². The Balaban J connectivity index is 1.15. The van der Waals surface area contributed by atoms with Gasteiger partial charge in [-0.05, 0) is 83.4 Å². The summed E-state index contributed by atoms with van der Waals surface area (Å²) in [7, 11) is 0. The lowest BCUT2D eigenvalue weighted by atomic mass is 9.99. The molecule has 0 atom stereocenters. The second-order valence-electron chi connectivity index (χ2n) is 13.3. The van der Waals surface area contributed by atoms with Gasteiger partial charge in [-0.3, -0.25) is 0 Å². The molecule has 0 fully saturated rings. The van der Waals surface area contributed by atoms with E-state index >= 15 is 0 Å². The summed E-state index contributed by atoms with van der Waals surface area (Å²) in [5, 5.41) is 4.95. The summed E-state index contributed by atoms with van der Waals surface area (Å²) in [5.74, 6) is 0. The standard InChI is InChI=1S/C49H33N3/c1-2-33-26-27-49-43(28-33)42-22-8-11-25-48(42)52(49)38-18-12-16-35(29-38)37-31-44(34-14-4-3-5-15-34)50-45(32-37)36-17-13-19-39(30-36)51-46-23-9-6-20-40(46)41-21-7-10-24-47(41)51/h2-32H,1H2. The van der Waals surface area contributed by atoms with E-state index in [0.29, 0.717) is 0 Å². The van der Waals surface area contributed by atoms with Gasteiger partial charge in [0.2, 0.25) is 0 Å². The molecule has 0 saturated heterocycles. The fourth-order valence-corrected chi connectivity index (χ4v) is 7.83. The Kier molecular flexibility index (Phi) is 6.97. The van der Waals surface area contributed by atoms with Crippen molar-refractivity contribution >= 4 is 49.7 Å². The molecule has 0 aliphatic rings. The molecule has 10 rings (SSSR count). The van der Waals surface area contributed by atoms with E-state index in [1.54, 1.807) is 0 Å². The number of para-hydroxylation sites is 3. The van der Waals surface area contributed by atoms with Crippen molar-refractivity contribution in [2.75, 3.05) is 0 Å². The summed E-state index contributed by atoms with van der Waals surface area (Å²) in [5.41, 5.74) is 14.3. The Bertz CT molecular complexity index is 2930. The van der Waals surface area contributed by atoms with Gasteiger partial charge in [0.05, 0.1) is 33.5 Å². The van der Waals surface area contributed by atoms with Gasteiger partial charge in [-0.2, -0.15) is 0 Å². The number of benzene rings is 7. The highest BCUT2D eigenvalue weighted by Crippen LogP contribution is 2.37. The van der Waals surface area contributed by atoms with Crippen LogP contribution in [0.15, 0.2) is 189 Å². The van der Waals surface area contributed by atoms with E-state index in [1.165, 1.54) is 43.6 Å². The summed E-state index contributed by atoms with van der Waals surface area (Å²) in [6.45, 7) is 4.01. The number of rotatable bonds is 6. The van der Waals surface area contributed by atoms with Gasteiger partial charge >= 0.3 is 0 Å². The maximum atomic E-state index is 5.29. The third-order valence-corrected chi connectivity index (χ3v) is 10.2. The molecule has 0 N–H and O–H groups in total. The minimum absolute atomic E-state index is 0.929. The summed E-state index contributed by atoms with van der Waals surface area (Å²) in [6.07, 6.45) is 1.91. The molecule has 0 amide bonds. The van der Waals surface area contributed by atoms with E-state index in [9.17, 15) is 0 Å². The number of nitrogens with zero attached hydrogens (tertiary/aromatic N) is 3. The summed E-state index contributed by atoms with van der Waals surface area (Å²) < 4.78 is 4.74. The quantitative estimate of drug-likeness (QED) is 0.174. The van der Waals surface area contributed by atoms with Crippen molar-refractivity contribution in [1.82, 2.24) is 14.1 Å². The van der Waals surface area contributed by atoms with Gasteiger partial charge < -0.3 is 9.13 Å². The molecule has 10 aromatic rings. The fourth-order valence-electron chi connectivity index (χ4n) is 7.83. The van der Waals surface area contributed by atoms with Crippen LogP contribution in [0, 0.1) is 0 Å². The monoisotopic (exact) mass is 663 g/mol. The molecule has 52 heavy (non-hydrogen) atoms. The zero-order chi connectivity index (χ0) is 34.6. The molecule has 0 aliphatic heterocycles. The molecule has 0 saturated carbocycles. The molecule has 7 aromatic carbocycles. The van der Waals surface area contributed by atoms with Crippen LogP contribution in [0.4, 0.5) is 0 Å². The SMILES string of the molecule is C=Cc1ccc2c(c1)c1ccccc1n2-c1cccc(-c2cc(-c3ccccc3)nc(-c3cccc(-n4c5ccccc5c5ccccc54)c3)c2)c1. The third kappa shape index (κ3) is 4.86. The zero-order valence-corrected chi connectivity index (χ0v) is 28.4. The lowest BCUT2D eigenvalue weighted by Crippen LogP contribution is -1.96. The van der Waals surface area contributed by atoms with Crippen molar-refractivity contribution in [3.63, 3.8) is 0 Å². The van der Waals surface area contributed by atoms with Crippen molar-refractivity contribution in [3.05, 3.63) is 194 Å². The van der Waals surface area contributed by atoms with Crippen LogP contribution in [0.2, 0.25) is 0 Å². The Morgan fingerprint density at radius 2 is 0.846 bits per heavy atom. The lowest BCUT2D eigenvalue weighted by Gasteiger charge is -2.14. The van der Waals surface area contributed by atoms with Crippen molar-refractivity contribution in [2.45, 2.75) is 0 Å². The molecule has 3 heterocycles. The Morgan fingerprint density at radius 3 is 1.46 bits per heavy atom. The highest BCUT2D eigenvalue weighted by Gasteiger charge is 2.16. The lowest BCUT2D eigenvalue weighted by molar-refractivity contribution is 1.18. The van der Waals surface area contributed by atoms with Crippen LogP contribution in [-0.4, -0.2) is 14.1 Å². The smallest absolute Gasteiger partial charge is 0.0716 e. The van der Waals surface area contributed by atoms with Gasteiger partial charge in [-0.25, -0.2) is 4.98 Å². The van der Waals surface area contributed by atoms with Crippen LogP contribution in [-0.2, 0) is 0 Å². The molecular weight excluding hydrogens is 631 g/mol. The van der Waals surface area contributed by atoms with Crippen molar-refractivity contribution in [1.29, 1.82) is 0 Å². The van der Waals surface area contributed by atoms with E-state index < -0.39 is 0 Å². The maximum Gasteiger partial charge on any atom is 0.0716 e. The van der Waals surface area contributed by atoms with Gasteiger partial charge in [0, 0.05) is 44.0 Å². The van der Waals surface area contributed by atoms with Crippen LogP contribution < -0.4 is 0 Å². The van der Waals surface area contributed by atoms with Crippen molar-refractivity contribution < 1.29 is 0 Å². The predicted octanol–water partition coefficient (Wildman–Crippen LogP) is 12.9. The minimum Gasteiger partial charge on any atom is -0.309 e. The number of pyridine rings is 1. The predicted molar refractivity (Wildman–Crippen MR) is 219 cm³/mol. The molecule has 0 spiro atoms. The first-order valence-corrected chi connectivity index (χ1v) is 17.7. The minimum atomic E-state index is 0.929. The molecule has 0 aliphatic carbocycles. The summed E-state index contributed by atoms with van der Waals surface area (Å²) >= 11 is 0. The highest BCUT2D eigenvalue weighted by atomic mass is 15.0. The first-order chi connectivity index (χ1) is 25.7. The molecular formula is C49H33N3. The molecule has 0 radical (unpaired) electrons. The van der Waals surface area contributed by atoms with Gasteiger partial charge in [0.1, 0.15) is 0 Å². The number of fused-ring (bicyclic) bond motifs is 6. The van der Waals surface area contributed by atoms with Crippen LogP contribution in [0.3, 0.4) is 0 Å². The van der Waals surface area contributed by atoms with E-state index in [0.717, 1.165) is 50.6 Å². The van der Waals surface area contributed by atoms with Crippen molar-refractivity contribution in [3.8, 4) is 45.0 Å². The Hall–Kier alpha value is -6.97. The molecule has 0 bridgehead atoms. The van der Waals surface area contributed by atoms with Crippen molar-refractivity contribution in [2.24, 2.45) is 0 Å².